The first-order chi connectivity index (χ1) is 11.6. The first-order valence-electron chi connectivity index (χ1n) is 8.35. The number of carboxylic acid groups (broad SMARTS) is 1. The van der Waals surface area contributed by atoms with E-state index in [1.54, 1.807) is 12.1 Å². The van der Waals surface area contributed by atoms with Crippen LogP contribution >= 0.6 is 23.1 Å². The summed E-state index contributed by atoms with van der Waals surface area (Å²) in [5.74, 6) is 0.977. The van der Waals surface area contributed by atoms with Gasteiger partial charge in [0.05, 0.1) is 10.6 Å². The zero-order valence-corrected chi connectivity index (χ0v) is 14.5. The van der Waals surface area contributed by atoms with Crippen molar-refractivity contribution in [3.05, 3.63) is 49.9 Å². The van der Waals surface area contributed by atoms with Crippen molar-refractivity contribution in [2.24, 2.45) is 17.8 Å². The summed E-state index contributed by atoms with van der Waals surface area (Å²) in [4.78, 5) is 27.8. The zero-order valence-electron chi connectivity index (χ0n) is 12.9. The summed E-state index contributed by atoms with van der Waals surface area (Å²) in [6.45, 7) is 0. The number of H-pyrrole nitrogens is 1. The van der Waals surface area contributed by atoms with Crippen molar-refractivity contribution in [1.82, 2.24) is 4.98 Å². The summed E-state index contributed by atoms with van der Waals surface area (Å²) in [5, 5.41) is 11.1. The number of hydrogen-bond donors (Lipinski definition) is 2. The van der Waals surface area contributed by atoms with Gasteiger partial charge in [0.25, 0.3) is 0 Å². The minimum Gasteiger partial charge on any atom is -0.478 e. The van der Waals surface area contributed by atoms with E-state index in [0.29, 0.717) is 28.6 Å². The second kappa shape index (κ2) is 5.23. The van der Waals surface area contributed by atoms with Crippen molar-refractivity contribution in [2.75, 3.05) is 0 Å². The molecule has 2 aromatic rings. The number of fused-ring (bicyclic) bond motifs is 6. The number of benzene rings is 1. The fourth-order valence-corrected chi connectivity index (χ4v) is 8.05. The second-order valence-electron chi connectivity index (χ2n) is 7.07. The van der Waals surface area contributed by atoms with Gasteiger partial charge in [0, 0.05) is 16.0 Å². The molecule has 24 heavy (non-hydrogen) atoms. The van der Waals surface area contributed by atoms with Crippen LogP contribution in [0.25, 0.3) is 0 Å². The van der Waals surface area contributed by atoms with Crippen LogP contribution in [-0.2, 0) is 0 Å². The molecule has 124 valence electrons. The summed E-state index contributed by atoms with van der Waals surface area (Å²) in [5.41, 5.74) is 1.26. The predicted octanol–water partition coefficient (Wildman–Crippen LogP) is 3.79. The fourth-order valence-electron chi connectivity index (χ4n) is 5.16. The van der Waals surface area contributed by atoms with Gasteiger partial charge >= 0.3 is 10.8 Å². The Hall–Kier alpha value is -1.53. The van der Waals surface area contributed by atoms with Crippen LogP contribution in [0.5, 0.6) is 0 Å². The van der Waals surface area contributed by atoms with Crippen LogP contribution in [0.3, 0.4) is 0 Å². The molecule has 5 atom stereocenters. The average Bonchev–Trinajstić information content (AvgIpc) is 3.26. The third-order valence-electron chi connectivity index (χ3n) is 5.99. The Morgan fingerprint density at radius 3 is 2.83 bits per heavy atom. The Bertz CT molecular complexity index is 886. The van der Waals surface area contributed by atoms with Gasteiger partial charge in [-0.25, -0.2) is 4.79 Å². The number of hydrogen-bond acceptors (Lipinski definition) is 4. The van der Waals surface area contributed by atoms with E-state index < -0.39 is 5.97 Å². The molecule has 0 radical (unpaired) electrons. The smallest absolute Gasteiger partial charge is 0.335 e. The first kappa shape index (κ1) is 14.8. The predicted molar refractivity (Wildman–Crippen MR) is 94.2 cm³/mol. The van der Waals surface area contributed by atoms with Gasteiger partial charge in [-0.1, -0.05) is 29.5 Å². The van der Waals surface area contributed by atoms with Crippen molar-refractivity contribution in [3.8, 4) is 0 Å². The highest BCUT2D eigenvalue weighted by molar-refractivity contribution is 8.00. The van der Waals surface area contributed by atoms with Crippen LogP contribution in [0, 0.1) is 17.8 Å². The van der Waals surface area contributed by atoms with Gasteiger partial charge < -0.3 is 10.1 Å². The summed E-state index contributed by atoms with van der Waals surface area (Å²) in [6, 6.07) is 7.34. The Morgan fingerprint density at radius 2 is 2.00 bits per heavy atom. The number of aromatic nitrogens is 1. The number of thiazole rings is 1. The lowest BCUT2D eigenvalue weighted by Gasteiger charge is -2.40. The Labute approximate surface area is 147 Å². The summed E-state index contributed by atoms with van der Waals surface area (Å²) >= 11 is 3.10. The molecule has 6 heteroatoms. The Kier molecular flexibility index (Phi) is 3.22. The van der Waals surface area contributed by atoms with Gasteiger partial charge in [-0.2, -0.15) is 0 Å². The van der Waals surface area contributed by atoms with Crippen molar-refractivity contribution in [2.45, 2.75) is 35.5 Å². The van der Waals surface area contributed by atoms with Crippen LogP contribution in [0.15, 0.2) is 34.1 Å². The van der Waals surface area contributed by atoms with Gasteiger partial charge in [0.1, 0.15) is 0 Å². The lowest BCUT2D eigenvalue weighted by atomic mass is 9.74. The molecule has 1 aliphatic heterocycles. The normalized spacial score (nSPS) is 33.2. The number of aromatic carboxylic acids is 1. The highest BCUT2D eigenvalue weighted by Crippen LogP contribution is 2.63. The van der Waals surface area contributed by atoms with Gasteiger partial charge in [0.2, 0.25) is 0 Å². The van der Waals surface area contributed by atoms with Gasteiger partial charge in [-0.05, 0) is 48.6 Å². The lowest BCUT2D eigenvalue weighted by Crippen LogP contribution is -2.34. The highest BCUT2D eigenvalue weighted by Gasteiger charge is 2.55. The molecule has 2 fully saturated rings. The van der Waals surface area contributed by atoms with Crippen LogP contribution in [0.2, 0.25) is 0 Å². The molecule has 2 heterocycles. The molecule has 2 saturated carbocycles. The highest BCUT2D eigenvalue weighted by atomic mass is 32.2. The standard InChI is InChI=1S/C18H17NO3S2/c20-17(21)11-4-2-1-3-10(11)13-12-8-5-6-9(7-8)14(12)23-16-15(13)24-18(22)19-16/h1-4,8-9,12-14H,5-7H2,(H,19,22)(H,20,21)/t8-,9-,12-,13+,14-/m1/s1. The van der Waals surface area contributed by atoms with Crippen LogP contribution in [0.4, 0.5) is 0 Å². The maximum absolute atomic E-state index is 12.0. The van der Waals surface area contributed by atoms with Crippen LogP contribution in [-0.4, -0.2) is 21.3 Å². The number of aromatic amines is 1. The van der Waals surface area contributed by atoms with Crippen LogP contribution < -0.4 is 4.87 Å². The molecule has 0 unspecified atom stereocenters. The molecular formula is C18H17NO3S2. The monoisotopic (exact) mass is 359 g/mol. The van der Waals surface area contributed by atoms with Crippen LogP contribution in [0.1, 0.15) is 46.0 Å². The lowest BCUT2D eigenvalue weighted by molar-refractivity contribution is 0.0694. The quantitative estimate of drug-likeness (QED) is 0.856. The average molecular weight is 359 g/mol. The molecular weight excluding hydrogens is 342 g/mol. The molecule has 3 aliphatic rings. The molecule has 2 N–H and O–H groups in total. The minimum atomic E-state index is -0.882. The number of carboxylic acids is 1. The van der Waals surface area contributed by atoms with E-state index in [9.17, 15) is 14.7 Å². The molecule has 1 aromatic heterocycles. The minimum absolute atomic E-state index is 0.0300. The van der Waals surface area contributed by atoms with E-state index in [-0.39, 0.29) is 10.8 Å². The number of rotatable bonds is 2. The molecule has 0 spiro atoms. The van der Waals surface area contributed by atoms with Gasteiger partial charge in [-0.3, -0.25) is 4.79 Å². The maximum atomic E-state index is 12.0. The molecule has 1 aromatic carbocycles. The Morgan fingerprint density at radius 1 is 1.21 bits per heavy atom. The molecule has 5 rings (SSSR count). The summed E-state index contributed by atoms with van der Waals surface area (Å²) in [7, 11) is 0. The number of thioether (sulfide) groups is 1. The van der Waals surface area contributed by atoms with E-state index >= 15 is 0 Å². The van der Waals surface area contributed by atoms with Gasteiger partial charge in [0.15, 0.2) is 0 Å². The molecule has 2 aliphatic carbocycles. The molecule has 0 amide bonds. The largest absolute Gasteiger partial charge is 0.478 e. The number of nitrogens with one attached hydrogen (secondary N) is 1. The fraction of sp³-hybridized carbons (Fsp3) is 0.444. The van der Waals surface area contributed by atoms with Gasteiger partial charge in [-0.15, -0.1) is 11.8 Å². The van der Waals surface area contributed by atoms with Crippen molar-refractivity contribution in [1.29, 1.82) is 0 Å². The Balaban J connectivity index is 1.73. The molecule has 4 nitrogen and oxygen atoms in total. The molecule has 2 bridgehead atoms. The SMILES string of the molecule is O=C(O)c1ccccc1[C@@H]1c2sc(=O)[nH]c2S[C@@H]2[C@@H]3CC[C@H](C3)[C@H]12. The summed E-state index contributed by atoms with van der Waals surface area (Å²) in [6.07, 6.45) is 3.77. The van der Waals surface area contributed by atoms with E-state index in [1.807, 2.05) is 23.9 Å². The van der Waals surface area contributed by atoms with Crippen molar-refractivity contribution in [3.63, 3.8) is 0 Å². The third kappa shape index (κ3) is 1.99. The van der Waals surface area contributed by atoms with E-state index in [0.717, 1.165) is 15.5 Å². The van der Waals surface area contributed by atoms with E-state index in [4.69, 9.17) is 0 Å². The maximum Gasteiger partial charge on any atom is 0.335 e. The third-order valence-corrected chi connectivity index (χ3v) is 8.62. The van der Waals surface area contributed by atoms with Crippen molar-refractivity contribution >= 4 is 29.1 Å². The molecule has 0 saturated heterocycles. The second-order valence-corrected chi connectivity index (χ2v) is 9.27. The summed E-state index contributed by atoms with van der Waals surface area (Å²) < 4.78 is 0. The first-order valence-corrected chi connectivity index (χ1v) is 10.0. The zero-order chi connectivity index (χ0) is 16.4. The van der Waals surface area contributed by atoms with E-state index in [1.165, 1.54) is 30.6 Å². The van der Waals surface area contributed by atoms with Crippen molar-refractivity contribution < 1.29 is 9.90 Å². The van der Waals surface area contributed by atoms with E-state index in [2.05, 4.69) is 4.98 Å². The number of carbonyl (C=O) groups is 1. The topological polar surface area (TPSA) is 70.2 Å².